The minimum absolute atomic E-state index is 0.0327. The number of nitrogens with two attached hydrogens (primary N) is 1. The molecule has 1 aliphatic rings. The van der Waals surface area contributed by atoms with Crippen molar-refractivity contribution in [2.45, 2.75) is 6.54 Å². The Labute approximate surface area is 126 Å². The molecule has 0 atom stereocenters. The fourth-order valence-electron chi connectivity index (χ4n) is 2.13. The first-order valence-corrected chi connectivity index (χ1v) is 6.66. The van der Waals surface area contributed by atoms with Crippen molar-refractivity contribution in [2.75, 3.05) is 11.9 Å². The highest BCUT2D eigenvalue weighted by molar-refractivity contribution is 6.07. The summed E-state index contributed by atoms with van der Waals surface area (Å²) in [4.78, 5) is 23.0. The summed E-state index contributed by atoms with van der Waals surface area (Å²) >= 11 is 0. The highest BCUT2D eigenvalue weighted by Gasteiger charge is 2.17. The topological polar surface area (TPSA) is 99.2 Å². The predicted octanol–water partition coefficient (Wildman–Crippen LogP) is 0.783. The summed E-state index contributed by atoms with van der Waals surface area (Å²) in [5, 5.41) is 6.65. The van der Waals surface area contributed by atoms with Crippen LogP contribution in [0, 0.1) is 0 Å². The van der Waals surface area contributed by atoms with E-state index in [4.69, 9.17) is 10.5 Å². The Kier molecular flexibility index (Phi) is 3.61. The smallest absolute Gasteiger partial charge is 0.255 e. The van der Waals surface area contributed by atoms with Gasteiger partial charge in [-0.1, -0.05) is 18.2 Å². The second kappa shape index (κ2) is 5.72. The Morgan fingerprint density at radius 2 is 2.18 bits per heavy atom. The number of benzene rings is 1. The normalized spacial score (nSPS) is 12.8. The third-order valence-corrected chi connectivity index (χ3v) is 3.13. The van der Waals surface area contributed by atoms with E-state index in [0.717, 1.165) is 11.3 Å². The highest BCUT2D eigenvalue weighted by Crippen LogP contribution is 2.26. The molecular formula is C15H14N4O3. The SMILES string of the molecule is NC(=O)Cn1cc(NC(=O)C2=Cc3ccccc3OC2)cn1. The first-order valence-electron chi connectivity index (χ1n) is 6.66. The third kappa shape index (κ3) is 2.98. The number of primary amides is 1. The zero-order chi connectivity index (χ0) is 15.5. The van der Waals surface area contributed by atoms with Crippen molar-refractivity contribution in [2.24, 2.45) is 5.73 Å². The molecule has 112 valence electrons. The minimum atomic E-state index is -0.499. The average molecular weight is 298 g/mol. The fraction of sp³-hybridized carbons (Fsp3) is 0.133. The van der Waals surface area contributed by atoms with E-state index in [2.05, 4.69) is 10.4 Å². The number of carbonyl (C=O) groups excluding carboxylic acids is 2. The molecule has 22 heavy (non-hydrogen) atoms. The lowest BCUT2D eigenvalue weighted by Gasteiger charge is -2.17. The van der Waals surface area contributed by atoms with Gasteiger partial charge in [0, 0.05) is 11.8 Å². The molecule has 2 heterocycles. The third-order valence-electron chi connectivity index (χ3n) is 3.13. The number of ether oxygens (including phenoxy) is 1. The van der Waals surface area contributed by atoms with E-state index in [1.54, 1.807) is 12.3 Å². The Hall–Kier alpha value is -3.09. The highest BCUT2D eigenvalue weighted by atomic mass is 16.5. The Bertz CT molecular complexity index is 764. The van der Waals surface area contributed by atoms with Crippen LogP contribution < -0.4 is 15.8 Å². The Balaban J connectivity index is 1.71. The van der Waals surface area contributed by atoms with Crippen LogP contribution >= 0.6 is 0 Å². The van der Waals surface area contributed by atoms with E-state index in [1.807, 2.05) is 24.3 Å². The van der Waals surface area contributed by atoms with Crippen LogP contribution in [0.15, 0.2) is 42.2 Å². The van der Waals surface area contributed by atoms with E-state index in [0.29, 0.717) is 11.3 Å². The number of hydrogen-bond donors (Lipinski definition) is 2. The maximum absolute atomic E-state index is 12.2. The van der Waals surface area contributed by atoms with Crippen molar-refractivity contribution in [1.29, 1.82) is 0 Å². The van der Waals surface area contributed by atoms with Gasteiger partial charge in [0.2, 0.25) is 5.91 Å². The van der Waals surface area contributed by atoms with Gasteiger partial charge in [0.05, 0.1) is 17.5 Å². The van der Waals surface area contributed by atoms with Crippen molar-refractivity contribution in [3.8, 4) is 5.75 Å². The number of para-hydroxylation sites is 1. The molecule has 2 aromatic rings. The van der Waals surface area contributed by atoms with E-state index in [-0.39, 0.29) is 19.1 Å². The number of anilines is 1. The Morgan fingerprint density at radius 3 is 3.00 bits per heavy atom. The number of nitrogens with one attached hydrogen (secondary N) is 1. The zero-order valence-electron chi connectivity index (χ0n) is 11.7. The standard InChI is InChI=1S/C15H14N4O3/c16-14(20)8-19-7-12(6-17-19)18-15(21)11-5-10-3-1-2-4-13(10)22-9-11/h1-7H,8-9H2,(H2,16,20)(H,18,21). The van der Waals surface area contributed by atoms with Crippen molar-refractivity contribution in [3.05, 3.63) is 47.8 Å². The first-order chi connectivity index (χ1) is 10.6. The summed E-state index contributed by atoms with van der Waals surface area (Å²) in [5.74, 6) is -0.0116. The summed E-state index contributed by atoms with van der Waals surface area (Å²) in [6.07, 6.45) is 4.79. The van der Waals surface area contributed by atoms with E-state index in [9.17, 15) is 9.59 Å². The molecule has 0 bridgehead atoms. The number of amides is 2. The number of nitrogens with zero attached hydrogens (tertiary/aromatic N) is 2. The minimum Gasteiger partial charge on any atom is -0.488 e. The van der Waals surface area contributed by atoms with Gasteiger partial charge in [-0.2, -0.15) is 5.10 Å². The molecule has 0 unspecified atom stereocenters. The van der Waals surface area contributed by atoms with Crippen LogP contribution in [0.4, 0.5) is 5.69 Å². The molecule has 1 aliphatic heterocycles. The summed E-state index contributed by atoms with van der Waals surface area (Å²) in [6.45, 7) is 0.174. The molecule has 7 heteroatoms. The van der Waals surface area contributed by atoms with Crippen LogP contribution in [0.2, 0.25) is 0 Å². The van der Waals surface area contributed by atoms with Crippen molar-refractivity contribution < 1.29 is 14.3 Å². The summed E-state index contributed by atoms with van der Waals surface area (Å²) < 4.78 is 6.90. The fourth-order valence-corrected chi connectivity index (χ4v) is 2.13. The average Bonchev–Trinajstić information content (AvgIpc) is 2.93. The molecule has 0 spiro atoms. The lowest BCUT2D eigenvalue weighted by Crippen LogP contribution is -2.21. The van der Waals surface area contributed by atoms with Gasteiger partial charge in [0.15, 0.2) is 0 Å². The van der Waals surface area contributed by atoms with E-state index < -0.39 is 5.91 Å². The molecule has 1 aromatic heterocycles. The molecule has 0 fully saturated rings. The van der Waals surface area contributed by atoms with Gasteiger partial charge in [-0.3, -0.25) is 14.3 Å². The molecule has 3 rings (SSSR count). The van der Waals surface area contributed by atoms with Crippen LogP contribution in [0.25, 0.3) is 6.08 Å². The molecule has 2 amide bonds. The van der Waals surface area contributed by atoms with Crippen molar-refractivity contribution in [3.63, 3.8) is 0 Å². The van der Waals surface area contributed by atoms with Gasteiger partial charge < -0.3 is 15.8 Å². The number of rotatable bonds is 4. The van der Waals surface area contributed by atoms with Gasteiger partial charge in [-0.05, 0) is 12.1 Å². The predicted molar refractivity (Wildman–Crippen MR) is 80.0 cm³/mol. The quantitative estimate of drug-likeness (QED) is 0.871. The van der Waals surface area contributed by atoms with Crippen LogP contribution in [0.3, 0.4) is 0 Å². The largest absolute Gasteiger partial charge is 0.488 e. The lowest BCUT2D eigenvalue weighted by molar-refractivity contribution is -0.118. The molecule has 3 N–H and O–H groups in total. The second-order valence-corrected chi connectivity index (χ2v) is 4.84. The van der Waals surface area contributed by atoms with Gasteiger partial charge in [0.25, 0.3) is 5.91 Å². The molecule has 7 nitrogen and oxygen atoms in total. The summed E-state index contributed by atoms with van der Waals surface area (Å²) in [7, 11) is 0. The van der Waals surface area contributed by atoms with Crippen molar-refractivity contribution >= 4 is 23.6 Å². The van der Waals surface area contributed by atoms with Gasteiger partial charge >= 0.3 is 0 Å². The molecule has 0 saturated carbocycles. The Morgan fingerprint density at radius 1 is 1.36 bits per heavy atom. The monoisotopic (exact) mass is 298 g/mol. The van der Waals surface area contributed by atoms with Crippen LogP contribution in [0.5, 0.6) is 5.75 Å². The summed E-state index contributed by atoms with van der Waals surface area (Å²) in [6, 6.07) is 7.50. The maximum atomic E-state index is 12.2. The van der Waals surface area contributed by atoms with Crippen molar-refractivity contribution in [1.82, 2.24) is 9.78 Å². The lowest BCUT2D eigenvalue weighted by atomic mass is 10.1. The van der Waals surface area contributed by atoms with Crippen LogP contribution in [-0.4, -0.2) is 28.2 Å². The number of aromatic nitrogens is 2. The van der Waals surface area contributed by atoms with Gasteiger partial charge in [0.1, 0.15) is 18.9 Å². The first kappa shape index (κ1) is 13.9. The molecule has 0 radical (unpaired) electrons. The summed E-state index contributed by atoms with van der Waals surface area (Å²) in [5.41, 5.74) is 6.96. The number of fused-ring (bicyclic) bond motifs is 1. The molecule has 1 aromatic carbocycles. The zero-order valence-corrected chi connectivity index (χ0v) is 11.7. The molecule has 0 saturated heterocycles. The van der Waals surface area contributed by atoms with Crippen LogP contribution in [-0.2, 0) is 16.1 Å². The second-order valence-electron chi connectivity index (χ2n) is 4.84. The van der Waals surface area contributed by atoms with E-state index >= 15 is 0 Å². The van der Waals surface area contributed by atoms with Gasteiger partial charge in [-0.25, -0.2) is 0 Å². The number of hydrogen-bond acceptors (Lipinski definition) is 4. The van der Waals surface area contributed by atoms with Crippen LogP contribution in [0.1, 0.15) is 5.56 Å². The molecular weight excluding hydrogens is 284 g/mol. The maximum Gasteiger partial charge on any atom is 0.255 e. The molecule has 0 aliphatic carbocycles. The van der Waals surface area contributed by atoms with Gasteiger partial charge in [-0.15, -0.1) is 0 Å². The van der Waals surface area contributed by atoms with E-state index in [1.165, 1.54) is 10.9 Å². The number of carbonyl (C=O) groups is 2.